The van der Waals surface area contributed by atoms with Gasteiger partial charge in [-0.1, -0.05) is 42.5 Å². The summed E-state index contributed by atoms with van der Waals surface area (Å²) in [5.41, 5.74) is 1.95. The molecule has 0 aliphatic rings. The SMILES string of the molecule is COc1cc(/C=C/C(=O)c2ccc([N+](=O)[O-])cc2)cc(OC)c1.COc1cc(/C=C/C(=O)c2ccccc2)cc(OC)c1[N+](=O)[O-]. The van der Waals surface area contributed by atoms with Crippen LogP contribution in [0.3, 0.4) is 0 Å². The Morgan fingerprint density at radius 2 is 1.04 bits per heavy atom. The number of allylic oxidation sites excluding steroid dienone is 2. The van der Waals surface area contributed by atoms with Crippen LogP contribution in [0.25, 0.3) is 12.2 Å². The van der Waals surface area contributed by atoms with Crippen molar-refractivity contribution >= 4 is 35.1 Å². The third-order valence-electron chi connectivity index (χ3n) is 6.33. The minimum Gasteiger partial charge on any atom is -0.497 e. The number of non-ortho nitro benzene ring substituents is 1. The largest absolute Gasteiger partial charge is 0.497 e. The van der Waals surface area contributed by atoms with Crippen LogP contribution < -0.4 is 18.9 Å². The maximum absolute atomic E-state index is 12.1. The molecule has 0 aliphatic heterocycles. The molecule has 236 valence electrons. The van der Waals surface area contributed by atoms with Gasteiger partial charge in [-0.15, -0.1) is 0 Å². The van der Waals surface area contributed by atoms with E-state index in [4.69, 9.17) is 18.9 Å². The molecule has 0 spiro atoms. The van der Waals surface area contributed by atoms with Gasteiger partial charge in [-0.25, -0.2) is 0 Å². The summed E-state index contributed by atoms with van der Waals surface area (Å²) in [6.07, 6.45) is 5.99. The first kappa shape index (κ1) is 34.2. The summed E-state index contributed by atoms with van der Waals surface area (Å²) in [7, 11) is 5.77. The molecule has 0 saturated carbocycles. The van der Waals surface area contributed by atoms with Gasteiger partial charge in [0, 0.05) is 29.3 Å². The predicted octanol–water partition coefficient (Wildman–Crippen LogP) is 7.02. The fourth-order valence-corrected chi connectivity index (χ4v) is 4.00. The second-order valence-electron chi connectivity index (χ2n) is 9.24. The highest BCUT2D eigenvalue weighted by Crippen LogP contribution is 2.38. The van der Waals surface area contributed by atoms with Crippen LogP contribution in [0.4, 0.5) is 11.4 Å². The molecular formula is C34H30N2O10. The summed E-state index contributed by atoms with van der Waals surface area (Å²) in [6.45, 7) is 0. The van der Waals surface area contributed by atoms with Gasteiger partial charge in [0.15, 0.2) is 11.6 Å². The number of nitro benzene ring substituents is 2. The van der Waals surface area contributed by atoms with Crippen molar-refractivity contribution in [1.82, 2.24) is 0 Å². The highest BCUT2D eigenvalue weighted by atomic mass is 16.6. The lowest BCUT2D eigenvalue weighted by Crippen LogP contribution is -1.98. The first-order valence-corrected chi connectivity index (χ1v) is 13.5. The van der Waals surface area contributed by atoms with Gasteiger partial charge >= 0.3 is 5.69 Å². The van der Waals surface area contributed by atoms with E-state index in [0.717, 1.165) is 5.56 Å². The van der Waals surface area contributed by atoms with E-state index in [0.29, 0.717) is 28.2 Å². The number of carbonyl (C=O) groups is 2. The second-order valence-corrected chi connectivity index (χ2v) is 9.24. The van der Waals surface area contributed by atoms with E-state index in [2.05, 4.69) is 0 Å². The van der Waals surface area contributed by atoms with Gasteiger partial charge in [0.25, 0.3) is 5.69 Å². The van der Waals surface area contributed by atoms with Gasteiger partial charge in [-0.3, -0.25) is 29.8 Å². The highest BCUT2D eigenvalue weighted by Gasteiger charge is 2.22. The molecule has 4 rings (SSSR count). The maximum Gasteiger partial charge on any atom is 0.352 e. The molecule has 0 aliphatic carbocycles. The molecular weight excluding hydrogens is 596 g/mol. The molecule has 0 unspecified atom stereocenters. The fourth-order valence-electron chi connectivity index (χ4n) is 4.00. The Bertz CT molecular complexity index is 1720. The molecule has 0 bridgehead atoms. The van der Waals surface area contributed by atoms with Crippen LogP contribution in [-0.2, 0) is 0 Å². The molecule has 46 heavy (non-hydrogen) atoms. The molecule has 12 heteroatoms. The van der Waals surface area contributed by atoms with E-state index in [9.17, 15) is 29.8 Å². The molecule has 4 aromatic carbocycles. The average Bonchev–Trinajstić information content (AvgIpc) is 3.09. The normalized spacial score (nSPS) is 10.5. The van der Waals surface area contributed by atoms with Crippen LogP contribution in [0.2, 0.25) is 0 Å². The van der Waals surface area contributed by atoms with Crippen molar-refractivity contribution in [3.63, 3.8) is 0 Å². The second kappa shape index (κ2) is 16.5. The molecule has 0 saturated heterocycles. The predicted molar refractivity (Wildman–Crippen MR) is 172 cm³/mol. The van der Waals surface area contributed by atoms with Crippen LogP contribution in [-0.4, -0.2) is 49.9 Å². The summed E-state index contributed by atoms with van der Waals surface area (Å²) >= 11 is 0. The lowest BCUT2D eigenvalue weighted by Gasteiger charge is -2.07. The van der Waals surface area contributed by atoms with Gasteiger partial charge in [0.2, 0.25) is 11.5 Å². The van der Waals surface area contributed by atoms with Crippen molar-refractivity contribution in [3.8, 4) is 23.0 Å². The quantitative estimate of drug-likeness (QED) is 0.0693. The number of ketones is 2. The number of carbonyl (C=O) groups excluding carboxylic acids is 2. The number of nitro groups is 2. The molecule has 0 fully saturated rings. The van der Waals surface area contributed by atoms with Crippen molar-refractivity contribution in [2.45, 2.75) is 0 Å². The van der Waals surface area contributed by atoms with Crippen LogP contribution in [0, 0.1) is 20.2 Å². The molecule has 0 atom stereocenters. The number of methoxy groups -OCH3 is 4. The number of rotatable bonds is 12. The number of hydrogen-bond donors (Lipinski definition) is 0. The summed E-state index contributed by atoms with van der Waals surface area (Å²) in [5, 5.41) is 21.7. The van der Waals surface area contributed by atoms with Crippen molar-refractivity contribution in [3.05, 3.63) is 140 Å². The standard InChI is InChI=1S/2C17H15NO5/c1-22-15-9-12(10-16(11-15)23-2)3-8-17(19)13-4-6-14(7-5-13)18(20)21;1-22-15-10-12(11-16(23-2)17(15)18(20)21)8-9-14(19)13-6-4-3-5-7-13/h2*3-11H,1-2H3/b8-3+;9-8+. The topological polar surface area (TPSA) is 157 Å². The third kappa shape index (κ3) is 9.35. The summed E-state index contributed by atoms with van der Waals surface area (Å²) < 4.78 is 20.4. The molecule has 12 nitrogen and oxygen atoms in total. The van der Waals surface area contributed by atoms with E-state index >= 15 is 0 Å². The Hall–Kier alpha value is -6.30. The van der Waals surface area contributed by atoms with E-state index in [-0.39, 0.29) is 34.4 Å². The minimum absolute atomic E-state index is 0.0527. The van der Waals surface area contributed by atoms with E-state index in [1.54, 1.807) is 68.8 Å². The zero-order valence-electron chi connectivity index (χ0n) is 25.4. The smallest absolute Gasteiger partial charge is 0.352 e. The maximum atomic E-state index is 12.1. The number of nitrogens with zero attached hydrogens (tertiary/aromatic N) is 2. The molecule has 0 radical (unpaired) electrons. The van der Waals surface area contributed by atoms with Crippen molar-refractivity contribution in [2.75, 3.05) is 28.4 Å². The monoisotopic (exact) mass is 626 g/mol. The van der Waals surface area contributed by atoms with E-state index in [1.165, 1.54) is 62.8 Å². The average molecular weight is 627 g/mol. The number of benzene rings is 4. The molecule has 0 heterocycles. The van der Waals surface area contributed by atoms with Crippen LogP contribution in [0.15, 0.2) is 97.1 Å². The Labute approximate surface area is 264 Å². The Morgan fingerprint density at radius 1 is 0.587 bits per heavy atom. The summed E-state index contributed by atoms with van der Waals surface area (Å²) in [4.78, 5) is 44.7. The van der Waals surface area contributed by atoms with E-state index in [1.807, 2.05) is 6.07 Å². The van der Waals surface area contributed by atoms with E-state index < -0.39 is 9.85 Å². The van der Waals surface area contributed by atoms with Crippen molar-refractivity contribution in [2.24, 2.45) is 0 Å². The molecule has 0 aromatic heterocycles. The summed E-state index contributed by atoms with van der Waals surface area (Å²) in [5.74, 6) is 0.962. The first-order chi connectivity index (χ1) is 22.1. The van der Waals surface area contributed by atoms with Crippen LogP contribution in [0.1, 0.15) is 31.8 Å². The lowest BCUT2D eigenvalue weighted by molar-refractivity contribution is -0.386. The fraction of sp³-hybridized carbons (Fsp3) is 0.118. The third-order valence-corrected chi connectivity index (χ3v) is 6.33. The van der Waals surface area contributed by atoms with Gasteiger partial charge in [-0.05, 0) is 59.7 Å². The van der Waals surface area contributed by atoms with Crippen molar-refractivity contribution in [1.29, 1.82) is 0 Å². The van der Waals surface area contributed by atoms with Gasteiger partial charge < -0.3 is 18.9 Å². The first-order valence-electron chi connectivity index (χ1n) is 13.5. The minimum atomic E-state index is -0.569. The molecule has 0 amide bonds. The lowest BCUT2D eigenvalue weighted by atomic mass is 10.1. The molecule has 4 aromatic rings. The Balaban J connectivity index is 0.000000250. The van der Waals surface area contributed by atoms with Gasteiger partial charge in [0.05, 0.1) is 38.3 Å². The number of ether oxygens (including phenoxy) is 4. The van der Waals surface area contributed by atoms with Crippen LogP contribution in [0.5, 0.6) is 23.0 Å². The van der Waals surface area contributed by atoms with Crippen molar-refractivity contribution < 1.29 is 38.4 Å². The number of hydrogen-bond acceptors (Lipinski definition) is 10. The highest BCUT2D eigenvalue weighted by molar-refractivity contribution is 6.07. The van der Waals surface area contributed by atoms with Crippen LogP contribution >= 0.6 is 0 Å². The zero-order valence-corrected chi connectivity index (χ0v) is 25.4. The Kier molecular flexibility index (Phi) is 12.3. The summed E-state index contributed by atoms with van der Waals surface area (Å²) in [6, 6.07) is 22.5. The van der Waals surface area contributed by atoms with Gasteiger partial charge in [-0.2, -0.15) is 0 Å². The zero-order chi connectivity index (χ0) is 33.6. The van der Waals surface area contributed by atoms with Gasteiger partial charge in [0.1, 0.15) is 11.5 Å². The Morgan fingerprint density at radius 3 is 1.46 bits per heavy atom. The molecule has 0 N–H and O–H groups in total.